The van der Waals surface area contributed by atoms with Crippen molar-refractivity contribution >= 4 is 37.5 Å². The van der Waals surface area contributed by atoms with Gasteiger partial charge in [0.2, 0.25) is 15.9 Å². The molecule has 7 nitrogen and oxygen atoms in total. The van der Waals surface area contributed by atoms with Crippen molar-refractivity contribution in [1.82, 2.24) is 4.31 Å². The molecular formula is C24H31BrN2O5S. The van der Waals surface area contributed by atoms with Gasteiger partial charge in [0.25, 0.3) is 0 Å². The summed E-state index contributed by atoms with van der Waals surface area (Å²) in [5.41, 5.74) is 3.05. The first-order chi connectivity index (χ1) is 15.7. The van der Waals surface area contributed by atoms with Gasteiger partial charge in [0.1, 0.15) is 16.4 Å². The Hall–Kier alpha value is -2.10. The topological polar surface area (TPSA) is 84.9 Å². The third-order valence-electron chi connectivity index (χ3n) is 6.09. The fraction of sp³-hybridized carbons (Fsp3) is 0.458. The van der Waals surface area contributed by atoms with Crippen molar-refractivity contribution in [2.75, 3.05) is 32.6 Å². The van der Waals surface area contributed by atoms with Crippen LogP contribution >= 0.6 is 15.9 Å². The van der Waals surface area contributed by atoms with Crippen molar-refractivity contribution < 1.29 is 22.7 Å². The second kappa shape index (κ2) is 10.9. The predicted molar refractivity (Wildman–Crippen MR) is 133 cm³/mol. The van der Waals surface area contributed by atoms with E-state index in [1.54, 1.807) is 12.1 Å². The Labute approximate surface area is 204 Å². The highest BCUT2D eigenvalue weighted by Crippen LogP contribution is 2.33. The summed E-state index contributed by atoms with van der Waals surface area (Å²) >= 11 is 3.54. The Balaban J connectivity index is 1.73. The molecule has 0 spiro atoms. The number of nitrogens with one attached hydrogen (secondary N) is 1. The number of hydrogen-bond acceptors (Lipinski definition) is 5. The number of amides is 1. The maximum Gasteiger partial charge on any atom is 0.246 e. The number of ether oxygens (including phenoxy) is 2. The molecule has 180 valence electrons. The molecule has 2 aromatic carbocycles. The van der Waals surface area contributed by atoms with E-state index in [0.29, 0.717) is 18.6 Å². The van der Waals surface area contributed by atoms with Crippen LogP contribution in [0.4, 0.5) is 5.69 Å². The summed E-state index contributed by atoms with van der Waals surface area (Å²) in [7, 11) is -0.853. The zero-order valence-corrected chi connectivity index (χ0v) is 21.9. The van der Waals surface area contributed by atoms with Crippen LogP contribution in [0.5, 0.6) is 11.5 Å². The molecule has 9 heteroatoms. The number of methoxy groups -OCH3 is 2. The Bertz CT molecular complexity index is 1090. The van der Waals surface area contributed by atoms with Crippen LogP contribution in [-0.4, -0.2) is 45.9 Å². The van der Waals surface area contributed by atoms with Crippen molar-refractivity contribution in [3.05, 3.63) is 45.9 Å². The highest BCUT2D eigenvalue weighted by molar-refractivity contribution is 9.10. The number of carbonyl (C=O) groups is 1. The Kier molecular flexibility index (Phi) is 8.42. The van der Waals surface area contributed by atoms with E-state index in [1.165, 1.54) is 24.6 Å². The van der Waals surface area contributed by atoms with Crippen LogP contribution in [0.25, 0.3) is 0 Å². The zero-order valence-electron chi connectivity index (χ0n) is 19.5. The summed E-state index contributed by atoms with van der Waals surface area (Å²) in [6.07, 6.45) is 2.52. The number of sulfonamides is 1. The second-order valence-corrected chi connectivity index (χ2v) is 10.8. The summed E-state index contributed by atoms with van der Waals surface area (Å²) in [4.78, 5) is 13.1. The van der Waals surface area contributed by atoms with Crippen molar-refractivity contribution in [3.63, 3.8) is 0 Å². The molecule has 1 fully saturated rings. The quantitative estimate of drug-likeness (QED) is 0.529. The molecule has 33 heavy (non-hydrogen) atoms. The minimum Gasteiger partial charge on any atom is -0.497 e. The number of halogens is 1. The van der Waals surface area contributed by atoms with Crippen molar-refractivity contribution in [2.24, 2.45) is 5.92 Å². The molecule has 0 aliphatic carbocycles. The second-order valence-electron chi connectivity index (χ2n) is 7.99. The number of hydrogen-bond donors (Lipinski definition) is 1. The minimum atomic E-state index is -3.78. The summed E-state index contributed by atoms with van der Waals surface area (Å²) in [6.45, 7) is 4.66. The third-order valence-corrected chi connectivity index (χ3v) is 8.47. The van der Waals surface area contributed by atoms with E-state index in [1.807, 2.05) is 12.1 Å². The van der Waals surface area contributed by atoms with E-state index in [2.05, 4.69) is 35.1 Å². The minimum absolute atomic E-state index is 0.0577. The largest absolute Gasteiger partial charge is 0.497 e. The van der Waals surface area contributed by atoms with Gasteiger partial charge >= 0.3 is 0 Å². The van der Waals surface area contributed by atoms with Gasteiger partial charge in [-0.25, -0.2) is 8.42 Å². The van der Waals surface area contributed by atoms with Crippen LogP contribution < -0.4 is 14.8 Å². The summed E-state index contributed by atoms with van der Waals surface area (Å²) < 4.78 is 39.5. The summed E-state index contributed by atoms with van der Waals surface area (Å²) in [5, 5.41) is 3.13. The van der Waals surface area contributed by atoms with Crippen LogP contribution in [0, 0.1) is 5.92 Å². The van der Waals surface area contributed by atoms with Crippen LogP contribution in [0.1, 0.15) is 37.8 Å². The number of aryl methyl sites for hydroxylation is 2. The lowest BCUT2D eigenvalue weighted by atomic mass is 9.96. The van der Waals surface area contributed by atoms with Crippen LogP contribution in [0.15, 0.2) is 39.7 Å². The molecule has 0 unspecified atom stereocenters. The molecule has 1 N–H and O–H groups in total. The number of piperidine rings is 1. The van der Waals surface area contributed by atoms with Gasteiger partial charge < -0.3 is 14.8 Å². The number of nitrogens with zero attached hydrogens (tertiary/aromatic N) is 1. The highest BCUT2D eigenvalue weighted by atomic mass is 79.9. The number of carbonyl (C=O) groups excluding carboxylic acids is 1. The molecular weight excluding hydrogens is 508 g/mol. The Morgan fingerprint density at radius 3 is 2.18 bits per heavy atom. The lowest BCUT2D eigenvalue weighted by Crippen LogP contribution is -2.41. The van der Waals surface area contributed by atoms with Gasteiger partial charge in [0.05, 0.1) is 14.2 Å². The van der Waals surface area contributed by atoms with E-state index in [0.717, 1.165) is 34.1 Å². The molecule has 0 atom stereocenters. The van der Waals surface area contributed by atoms with Gasteiger partial charge in [-0.3, -0.25) is 4.79 Å². The third kappa shape index (κ3) is 5.53. The van der Waals surface area contributed by atoms with Crippen LogP contribution in [0.2, 0.25) is 0 Å². The van der Waals surface area contributed by atoms with Gasteiger partial charge in [0.15, 0.2) is 0 Å². The van der Waals surface area contributed by atoms with E-state index in [4.69, 9.17) is 9.47 Å². The maximum atomic E-state index is 13.3. The van der Waals surface area contributed by atoms with E-state index < -0.39 is 10.0 Å². The average molecular weight is 539 g/mol. The van der Waals surface area contributed by atoms with Crippen molar-refractivity contribution in [1.29, 1.82) is 0 Å². The molecule has 1 heterocycles. The summed E-state index contributed by atoms with van der Waals surface area (Å²) in [5.74, 6) is 0.404. The first-order valence-electron chi connectivity index (χ1n) is 11.1. The lowest BCUT2D eigenvalue weighted by molar-refractivity contribution is -0.120. The number of rotatable bonds is 8. The normalized spacial score (nSPS) is 15.3. The molecule has 1 amide bonds. The van der Waals surface area contributed by atoms with Gasteiger partial charge in [0, 0.05) is 35.2 Å². The number of benzene rings is 2. The highest BCUT2D eigenvalue weighted by Gasteiger charge is 2.34. The van der Waals surface area contributed by atoms with Gasteiger partial charge in [-0.05, 0) is 61.1 Å². The van der Waals surface area contributed by atoms with Crippen LogP contribution in [-0.2, 0) is 27.7 Å². The molecule has 0 radical (unpaired) electrons. The molecule has 1 aliphatic heterocycles. The molecule has 3 rings (SSSR count). The van der Waals surface area contributed by atoms with Crippen molar-refractivity contribution in [2.45, 2.75) is 44.4 Å². The average Bonchev–Trinajstić information content (AvgIpc) is 2.84. The molecule has 0 aromatic heterocycles. The standard InChI is InChI=1S/C24H31BrN2O5S/c1-5-16-13-19(25)14-17(6-2)23(16)26-24(28)18-9-11-27(12-10-18)33(29,30)22-15-20(31-3)7-8-21(22)32-4/h7-8,13-15,18H,5-6,9-12H2,1-4H3,(H,26,28). The van der Waals surface area contributed by atoms with E-state index >= 15 is 0 Å². The first kappa shape index (κ1) is 25.5. The lowest BCUT2D eigenvalue weighted by Gasteiger charge is -2.31. The van der Waals surface area contributed by atoms with Gasteiger partial charge in [-0.15, -0.1) is 0 Å². The zero-order chi connectivity index (χ0) is 24.2. The summed E-state index contributed by atoms with van der Waals surface area (Å²) in [6, 6.07) is 8.78. The SMILES string of the molecule is CCc1cc(Br)cc(CC)c1NC(=O)C1CCN(S(=O)(=O)c2cc(OC)ccc2OC)CC1. The molecule has 1 saturated heterocycles. The van der Waals surface area contributed by atoms with Crippen molar-refractivity contribution in [3.8, 4) is 11.5 Å². The predicted octanol–water partition coefficient (Wildman–Crippen LogP) is 4.63. The fourth-order valence-corrected chi connectivity index (χ4v) is 6.34. The number of anilines is 1. The Morgan fingerprint density at radius 2 is 1.67 bits per heavy atom. The maximum absolute atomic E-state index is 13.3. The van der Waals surface area contributed by atoms with Gasteiger partial charge in [-0.2, -0.15) is 4.31 Å². The van der Waals surface area contributed by atoms with Gasteiger partial charge in [-0.1, -0.05) is 29.8 Å². The molecule has 1 aliphatic rings. The smallest absolute Gasteiger partial charge is 0.246 e. The monoisotopic (exact) mass is 538 g/mol. The Morgan fingerprint density at radius 1 is 1.06 bits per heavy atom. The molecule has 0 saturated carbocycles. The molecule has 2 aromatic rings. The van der Waals surface area contributed by atoms with E-state index in [9.17, 15) is 13.2 Å². The van der Waals surface area contributed by atoms with E-state index in [-0.39, 0.29) is 35.6 Å². The molecule has 0 bridgehead atoms. The fourth-order valence-electron chi connectivity index (χ4n) is 4.15. The first-order valence-corrected chi connectivity index (χ1v) is 13.3. The van der Waals surface area contributed by atoms with Crippen LogP contribution in [0.3, 0.4) is 0 Å².